The molecule has 4 aromatic rings. The molecule has 0 aliphatic heterocycles. The quantitative estimate of drug-likeness (QED) is 0.256. The number of carbonyl (C=O) groups is 1. The molecule has 0 saturated carbocycles. The van der Waals surface area contributed by atoms with Crippen LogP contribution in [0.25, 0.3) is 11.3 Å². The predicted octanol–water partition coefficient (Wildman–Crippen LogP) is 3.49. The summed E-state index contributed by atoms with van der Waals surface area (Å²) in [4.78, 5) is 20.5. The summed E-state index contributed by atoms with van der Waals surface area (Å²) in [5.74, 6) is 0.0202. The first kappa shape index (κ1) is 26.0. The number of aromatic amines is 1. The summed E-state index contributed by atoms with van der Waals surface area (Å²) in [6.07, 6.45) is 4.61. The van der Waals surface area contributed by atoms with Crippen LogP contribution < -0.4 is 10.0 Å². The fourth-order valence-corrected chi connectivity index (χ4v) is 4.82. The average Bonchev–Trinajstić information content (AvgIpc) is 3.43. The zero-order valence-corrected chi connectivity index (χ0v) is 21.3. The molecule has 10 nitrogen and oxygen atoms in total. The number of nitrogens with zero attached hydrogens (tertiary/aromatic N) is 3. The van der Waals surface area contributed by atoms with E-state index in [0.29, 0.717) is 17.9 Å². The lowest BCUT2D eigenvalue weighted by Gasteiger charge is -2.20. The van der Waals surface area contributed by atoms with Crippen LogP contribution >= 0.6 is 0 Å². The zero-order chi connectivity index (χ0) is 26.3. The predicted molar refractivity (Wildman–Crippen MR) is 139 cm³/mol. The zero-order valence-electron chi connectivity index (χ0n) is 20.5. The molecule has 0 radical (unpaired) electrons. The second kappa shape index (κ2) is 11.8. The van der Waals surface area contributed by atoms with Crippen molar-refractivity contribution in [1.82, 2.24) is 24.9 Å². The number of benzene rings is 1. The number of H-pyrrole nitrogens is 1. The van der Waals surface area contributed by atoms with Crippen LogP contribution in [0, 0.1) is 0 Å². The molecule has 1 aromatic carbocycles. The van der Waals surface area contributed by atoms with Gasteiger partial charge >= 0.3 is 5.97 Å². The summed E-state index contributed by atoms with van der Waals surface area (Å²) in [5.41, 5.74) is 3.25. The molecule has 3 aromatic heterocycles. The topological polar surface area (TPSA) is 139 Å². The third kappa shape index (κ3) is 7.21. The number of aromatic nitrogens is 4. The van der Waals surface area contributed by atoms with Crippen LogP contribution in [0.3, 0.4) is 0 Å². The number of hydrogen-bond acceptors (Lipinski definition) is 8. The van der Waals surface area contributed by atoms with Gasteiger partial charge in [0.15, 0.2) is 0 Å². The lowest BCUT2D eigenvalue weighted by molar-refractivity contribution is -0.145. The lowest BCUT2D eigenvalue weighted by Crippen LogP contribution is -2.31. The number of anilines is 1. The summed E-state index contributed by atoms with van der Waals surface area (Å²) < 4.78 is 34.2. The van der Waals surface area contributed by atoms with E-state index in [0.717, 1.165) is 16.8 Å². The monoisotopic (exact) mass is 520 g/mol. The molecule has 0 aliphatic carbocycles. The Labute approximate surface area is 215 Å². The van der Waals surface area contributed by atoms with Crippen LogP contribution in [-0.2, 0) is 26.0 Å². The van der Waals surface area contributed by atoms with Gasteiger partial charge in [0.25, 0.3) is 0 Å². The molecule has 0 spiro atoms. The number of sulfonamides is 1. The second-order valence-electron chi connectivity index (χ2n) is 8.57. The van der Waals surface area contributed by atoms with E-state index in [4.69, 9.17) is 4.74 Å². The maximum atomic E-state index is 13.2. The fraction of sp³-hybridized carbons (Fsp3) is 0.231. The molecule has 0 saturated heterocycles. The second-order valence-corrected chi connectivity index (χ2v) is 10.3. The standard InChI is InChI=1S/C26H28N6O4S/c1-18(2)36-26(33)17-28-25-7-3-6-23(30-25)24(32-37(34,35)21-5-4-13-27-16-21)15-19-8-10-20(11-9-19)22-12-14-29-31-22/h3-14,16,18,24,32H,15,17H2,1-2H3,(H,28,30)(H,29,31). The van der Waals surface area contributed by atoms with Gasteiger partial charge in [0.2, 0.25) is 10.0 Å². The number of rotatable bonds is 11. The van der Waals surface area contributed by atoms with Gasteiger partial charge in [-0.1, -0.05) is 30.3 Å². The van der Waals surface area contributed by atoms with Crippen LogP contribution in [0.5, 0.6) is 0 Å². The van der Waals surface area contributed by atoms with Crippen LogP contribution in [0.1, 0.15) is 31.1 Å². The van der Waals surface area contributed by atoms with Crippen molar-refractivity contribution in [1.29, 1.82) is 0 Å². The summed E-state index contributed by atoms with van der Waals surface area (Å²) in [7, 11) is -3.88. The number of esters is 1. The highest BCUT2D eigenvalue weighted by molar-refractivity contribution is 7.89. The van der Waals surface area contributed by atoms with Crippen LogP contribution in [0.2, 0.25) is 0 Å². The number of ether oxygens (including phenoxy) is 1. The molecule has 0 amide bonds. The van der Waals surface area contributed by atoms with Crippen molar-refractivity contribution in [2.24, 2.45) is 0 Å². The first-order valence-corrected chi connectivity index (χ1v) is 13.2. The highest BCUT2D eigenvalue weighted by Crippen LogP contribution is 2.24. The Hall–Kier alpha value is -4.09. The van der Waals surface area contributed by atoms with Gasteiger partial charge in [-0.2, -0.15) is 5.10 Å². The molecule has 3 heterocycles. The third-order valence-electron chi connectivity index (χ3n) is 5.36. The minimum atomic E-state index is -3.88. The first-order chi connectivity index (χ1) is 17.8. The first-order valence-electron chi connectivity index (χ1n) is 11.7. The van der Waals surface area contributed by atoms with Crippen molar-refractivity contribution < 1.29 is 17.9 Å². The highest BCUT2D eigenvalue weighted by Gasteiger charge is 2.23. The Morgan fingerprint density at radius 2 is 1.84 bits per heavy atom. The van der Waals surface area contributed by atoms with E-state index in [-0.39, 0.29) is 17.5 Å². The minimum absolute atomic E-state index is 0.0558. The van der Waals surface area contributed by atoms with Crippen molar-refractivity contribution >= 4 is 21.8 Å². The van der Waals surface area contributed by atoms with E-state index in [9.17, 15) is 13.2 Å². The van der Waals surface area contributed by atoms with E-state index in [1.807, 2.05) is 30.3 Å². The Morgan fingerprint density at radius 1 is 1.03 bits per heavy atom. The molecule has 11 heteroatoms. The molecule has 4 rings (SSSR count). The maximum absolute atomic E-state index is 13.2. The highest BCUT2D eigenvalue weighted by atomic mass is 32.2. The van der Waals surface area contributed by atoms with Gasteiger partial charge < -0.3 is 10.1 Å². The van der Waals surface area contributed by atoms with Crippen LogP contribution in [0.15, 0.2) is 84.1 Å². The van der Waals surface area contributed by atoms with E-state index in [1.165, 1.54) is 18.5 Å². The lowest BCUT2D eigenvalue weighted by atomic mass is 10.0. The smallest absolute Gasteiger partial charge is 0.325 e. The molecule has 192 valence electrons. The Bertz CT molecular complexity index is 1410. The van der Waals surface area contributed by atoms with Crippen molar-refractivity contribution in [2.75, 3.05) is 11.9 Å². The minimum Gasteiger partial charge on any atom is -0.462 e. The molecule has 0 fully saturated rings. The average molecular weight is 521 g/mol. The molecule has 37 heavy (non-hydrogen) atoms. The normalized spacial score (nSPS) is 12.3. The SMILES string of the molecule is CC(C)OC(=O)CNc1cccc(C(Cc2ccc(-c3ccn[nH]3)cc2)NS(=O)(=O)c2cccnc2)n1. The molecule has 1 atom stereocenters. The van der Waals surface area contributed by atoms with Gasteiger partial charge in [-0.25, -0.2) is 18.1 Å². The largest absolute Gasteiger partial charge is 0.462 e. The summed E-state index contributed by atoms with van der Waals surface area (Å²) in [5, 5.41) is 9.85. The van der Waals surface area contributed by atoms with Gasteiger partial charge in [-0.05, 0) is 61.7 Å². The summed E-state index contributed by atoms with van der Waals surface area (Å²) >= 11 is 0. The van der Waals surface area contributed by atoms with Gasteiger partial charge in [0.05, 0.1) is 23.5 Å². The molecule has 1 unspecified atom stereocenters. The molecule has 0 aliphatic rings. The van der Waals surface area contributed by atoms with Crippen molar-refractivity contribution in [3.63, 3.8) is 0 Å². The van der Waals surface area contributed by atoms with Gasteiger partial charge in [-0.15, -0.1) is 0 Å². The van der Waals surface area contributed by atoms with E-state index in [1.54, 1.807) is 44.3 Å². The van der Waals surface area contributed by atoms with Gasteiger partial charge in [0, 0.05) is 18.6 Å². The summed E-state index contributed by atoms with van der Waals surface area (Å²) in [6.45, 7) is 3.49. The number of carbonyl (C=O) groups excluding carboxylic acids is 1. The number of nitrogens with one attached hydrogen (secondary N) is 3. The maximum Gasteiger partial charge on any atom is 0.325 e. The van der Waals surface area contributed by atoms with Gasteiger partial charge in [0.1, 0.15) is 17.3 Å². The Kier molecular flexibility index (Phi) is 8.26. The van der Waals surface area contributed by atoms with Crippen molar-refractivity contribution in [3.05, 3.63) is 90.5 Å². The number of pyridine rings is 2. The number of hydrogen-bond donors (Lipinski definition) is 3. The van der Waals surface area contributed by atoms with Crippen LogP contribution in [-0.4, -0.2) is 47.2 Å². The molecule has 0 bridgehead atoms. The third-order valence-corrected chi connectivity index (χ3v) is 6.81. The molecular weight excluding hydrogens is 492 g/mol. The fourth-order valence-electron chi connectivity index (χ4n) is 3.65. The Balaban J connectivity index is 1.58. The van der Waals surface area contributed by atoms with E-state index in [2.05, 4.69) is 30.2 Å². The van der Waals surface area contributed by atoms with Gasteiger partial charge in [-0.3, -0.25) is 14.9 Å². The van der Waals surface area contributed by atoms with Crippen molar-refractivity contribution in [3.8, 4) is 11.3 Å². The van der Waals surface area contributed by atoms with Crippen LogP contribution in [0.4, 0.5) is 5.82 Å². The van der Waals surface area contributed by atoms with E-state index < -0.39 is 22.0 Å². The Morgan fingerprint density at radius 3 is 2.51 bits per heavy atom. The molecule has 3 N–H and O–H groups in total. The summed E-state index contributed by atoms with van der Waals surface area (Å²) in [6, 6.07) is 17.2. The van der Waals surface area contributed by atoms with E-state index >= 15 is 0 Å². The molecular formula is C26H28N6O4S. The van der Waals surface area contributed by atoms with Crippen molar-refractivity contribution in [2.45, 2.75) is 37.3 Å².